The molecule has 108 valence electrons. The molecule has 0 aliphatic rings. The summed E-state index contributed by atoms with van der Waals surface area (Å²) in [4.78, 5) is 0. The molecule has 1 aromatic rings. The zero-order valence-electron chi connectivity index (χ0n) is 11.4. The Morgan fingerprint density at radius 1 is 1.16 bits per heavy atom. The van der Waals surface area contributed by atoms with Gasteiger partial charge in [0.25, 0.3) is 0 Å². The lowest BCUT2D eigenvalue weighted by molar-refractivity contribution is -0.274. The Morgan fingerprint density at radius 2 is 1.74 bits per heavy atom. The number of alkyl halides is 3. The van der Waals surface area contributed by atoms with E-state index in [1.54, 1.807) is 12.1 Å². The summed E-state index contributed by atoms with van der Waals surface area (Å²) >= 11 is 0. The molecule has 1 aromatic carbocycles. The fourth-order valence-corrected chi connectivity index (χ4v) is 1.98. The van der Waals surface area contributed by atoms with Crippen LogP contribution in [0.4, 0.5) is 13.2 Å². The third-order valence-corrected chi connectivity index (χ3v) is 2.80. The molecular formula is C14H20F3NO. The molecule has 0 heterocycles. The van der Waals surface area contributed by atoms with Crippen molar-refractivity contribution in [2.45, 2.75) is 39.1 Å². The van der Waals surface area contributed by atoms with Crippen LogP contribution in [0.2, 0.25) is 0 Å². The highest BCUT2D eigenvalue weighted by molar-refractivity contribution is 5.28. The molecule has 0 radical (unpaired) electrons. The van der Waals surface area contributed by atoms with E-state index < -0.39 is 6.36 Å². The van der Waals surface area contributed by atoms with Gasteiger partial charge in [-0.2, -0.15) is 0 Å². The summed E-state index contributed by atoms with van der Waals surface area (Å²) in [5.74, 6) is 0.395. The van der Waals surface area contributed by atoms with E-state index in [-0.39, 0.29) is 5.75 Å². The Labute approximate surface area is 112 Å². The molecule has 1 unspecified atom stereocenters. The molecule has 0 saturated heterocycles. The van der Waals surface area contributed by atoms with Crippen molar-refractivity contribution in [3.63, 3.8) is 0 Å². The number of rotatable bonds is 6. The minimum Gasteiger partial charge on any atom is -0.406 e. The van der Waals surface area contributed by atoms with Crippen LogP contribution in [0.1, 0.15) is 25.8 Å². The minimum atomic E-state index is -4.63. The van der Waals surface area contributed by atoms with Gasteiger partial charge in [0.15, 0.2) is 0 Å². The van der Waals surface area contributed by atoms with Crippen LogP contribution in [0, 0.1) is 5.92 Å². The summed E-state index contributed by atoms with van der Waals surface area (Å²) in [6.45, 7) is 4.29. The molecule has 0 spiro atoms. The zero-order valence-corrected chi connectivity index (χ0v) is 11.4. The van der Waals surface area contributed by atoms with Crippen LogP contribution >= 0.6 is 0 Å². The topological polar surface area (TPSA) is 21.3 Å². The van der Waals surface area contributed by atoms with E-state index in [9.17, 15) is 13.2 Å². The quantitative estimate of drug-likeness (QED) is 0.853. The van der Waals surface area contributed by atoms with Gasteiger partial charge in [0.1, 0.15) is 5.75 Å². The number of nitrogens with one attached hydrogen (secondary N) is 1. The summed E-state index contributed by atoms with van der Waals surface area (Å²) < 4.78 is 39.9. The molecule has 1 atom stereocenters. The molecule has 0 fully saturated rings. The maximum atomic E-state index is 12.0. The fraction of sp³-hybridized carbons (Fsp3) is 0.571. The highest BCUT2D eigenvalue weighted by Gasteiger charge is 2.30. The van der Waals surface area contributed by atoms with E-state index in [4.69, 9.17) is 0 Å². The summed E-state index contributed by atoms with van der Waals surface area (Å²) in [5.41, 5.74) is 0.995. The van der Waals surface area contributed by atoms with Gasteiger partial charge in [0.05, 0.1) is 0 Å². The number of halogens is 3. The smallest absolute Gasteiger partial charge is 0.406 e. The van der Waals surface area contributed by atoms with E-state index in [0.29, 0.717) is 12.0 Å². The summed E-state index contributed by atoms with van der Waals surface area (Å²) in [6, 6.07) is 6.38. The first-order chi connectivity index (χ1) is 8.80. The van der Waals surface area contributed by atoms with Crippen molar-refractivity contribution in [2.24, 2.45) is 5.92 Å². The first-order valence-corrected chi connectivity index (χ1v) is 6.32. The lowest BCUT2D eigenvalue weighted by Crippen LogP contribution is -2.29. The van der Waals surface area contributed by atoms with Gasteiger partial charge < -0.3 is 10.1 Å². The molecule has 1 N–H and O–H groups in total. The number of hydrogen-bond donors (Lipinski definition) is 1. The van der Waals surface area contributed by atoms with Crippen LogP contribution < -0.4 is 10.1 Å². The normalized spacial score (nSPS) is 13.6. The van der Waals surface area contributed by atoms with E-state index in [0.717, 1.165) is 18.4 Å². The van der Waals surface area contributed by atoms with Gasteiger partial charge in [-0.15, -0.1) is 13.2 Å². The largest absolute Gasteiger partial charge is 0.573 e. The number of likely N-dealkylation sites (N-methyl/N-ethyl adjacent to an activating group) is 1. The predicted molar refractivity (Wildman–Crippen MR) is 69.1 cm³/mol. The van der Waals surface area contributed by atoms with E-state index in [1.165, 1.54) is 12.1 Å². The molecule has 0 aromatic heterocycles. The van der Waals surface area contributed by atoms with Crippen LogP contribution in [-0.2, 0) is 6.42 Å². The zero-order chi connectivity index (χ0) is 14.5. The van der Waals surface area contributed by atoms with Gasteiger partial charge in [-0.1, -0.05) is 26.0 Å². The molecule has 0 amide bonds. The van der Waals surface area contributed by atoms with Gasteiger partial charge in [-0.25, -0.2) is 0 Å². The van der Waals surface area contributed by atoms with Crippen molar-refractivity contribution in [3.8, 4) is 5.75 Å². The summed E-state index contributed by atoms with van der Waals surface area (Å²) in [7, 11) is 1.90. The van der Waals surface area contributed by atoms with Crippen LogP contribution in [0.3, 0.4) is 0 Å². The van der Waals surface area contributed by atoms with E-state index in [2.05, 4.69) is 23.9 Å². The molecule has 19 heavy (non-hydrogen) atoms. The highest BCUT2D eigenvalue weighted by atomic mass is 19.4. The van der Waals surface area contributed by atoms with Crippen LogP contribution in [0.15, 0.2) is 24.3 Å². The van der Waals surface area contributed by atoms with Crippen molar-refractivity contribution in [3.05, 3.63) is 29.8 Å². The van der Waals surface area contributed by atoms with Gasteiger partial charge in [-0.05, 0) is 43.5 Å². The highest BCUT2D eigenvalue weighted by Crippen LogP contribution is 2.23. The standard InChI is InChI=1S/C14H20F3NO/c1-10(2)8-12(18-3)9-11-4-6-13(7-5-11)19-14(15,16)17/h4-7,10,12,18H,8-9H2,1-3H3. The third kappa shape index (κ3) is 6.47. The van der Waals surface area contributed by atoms with Gasteiger partial charge >= 0.3 is 6.36 Å². The molecule has 0 aliphatic carbocycles. The Hall–Kier alpha value is -1.23. The van der Waals surface area contributed by atoms with Gasteiger partial charge in [0.2, 0.25) is 0 Å². The molecule has 0 aliphatic heterocycles. The summed E-state index contributed by atoms with van der Waals surface area (Å²) in [5, 5.41) is 3.22. The first-order valence-electron chi connectivity index (χ1n) is 6.32. The number of ether oxygens (including phenoxy) is 1. The van der Waals surface area contributed by atoms with Crippen molar-refractivity contribution in [1.29, 1.82) is 0 Å². The fourth-order valence-electron chi connectivity index (χ4n) is 1.98. The monoisotopic (exact) mass is 275 g/mol. The Bertz CT molecular complexity index is 373. The number of benzene rings is 1. The van der Waals surface area contributed by atoms with Crippen LogP contribution in [0.5, 0.6) is 5.75 Å². The molecule has 1 rings (SSSR count). The second-order valence-electron chi connectivity index (χ2n) is 5.01. The average molecular weight is 275 g/mol. The molecule has 2 nitrogen and oxygen atoms in total. The van der Waals surface area contributed by atoms with E-state index >= 15 is 0 Å². The second-order valence-corrected chi connectivity index (χ2v) is 5.01. The average Bonchev–Trinajstić information content (AvgIpc) is 2.28. The lowest BCUT2D eigenvalue weighted by Gasteiger charge is -2.18. The Kier molecular flexibility index (Phi) is 5.66. The lowest BCUT2D eigenvalue weighted by atomic mass is 9.97. The first kappa shape index (κ1) is 15.8. The second kappa shape index (κ2) is 6.80. The maximum Gasteiger partial charge on any atom is 0.573 e. The molecule has 0 bridgehead atoms. The SMILES string of the molecule is CNC(Cc1ccc(OC(F)(F)F)cc1)CC(C)C. The van der Waals surface area contributed by atoms with Crippen molar-refractivity contribution >= 4 is 0 Å². The Morgan fingerprint density at radius 3 is 2.16 bits per heavy atom. The molecule has 5 heteroatoms. The van der Waals surface area contributed by atoms with Gasteiger partial charge in [0, 0.05) is 6.04 Å². The summed E-state index contributed by atoms with van der Waals surface area (Å²) in [6.07, 6.45) is -2.81. The molecular weight excluding hydrogens is 255 g/mol. The van der Waals surface area contributed by atoms with E-state index in [1.807, 2.05) is 7.05 Å². The van der Waals surface area contributed by atoms with Crippen molar-refractivity contribution < 1.29 is 17.9 Å². The van der Waals surface area contributed by atoms with Crippen LogP contribution in [0.25, 0.3) is 0 Å². The van der Waals surface area contributed by atoms with Crippen LogP contribution in [-0.4, -0.2) is 19.5 Å². The van der Waals surface area contributed by atoms with Crippen molar-refractivity contribution in [1.82, 2.24) is 5.32 Å². The Balaban J connectivity index is 2.60. The van der Waals surface area contributed by atoms with Gasteiger partial charge in [-0.3, -0.25) is 0 Å². The number of hydrogen-bond acceptors (Lipinski definition) is 2. The minimum absolute atomic E-state index is 0.180. The maximum absolute atomic E-state index is 12.0. The van der Waals surface area contributed by atoms with Crippen molar-refractivity contribution in [2.75, 3.05) is 7.05 Å². The predicted octanol–water partition coefficient (Wildman–Crippen LogP) is 3.76. The third-order valence-electron chi connectivity index (χ3n) is 2.80. The molecule has 0 saturated carbocycles.